The molecule has 5 unspecified atom stereocenters. The Kier molecular flexibility index (Phi) is 21.7. The highest BCUT2D eigenvalue weighted by Crippen LogP contribution is 2.74. The number of aryl methyl sites for hydroxylation is 3. The van der Waals surface area contributed by atoms with E-state index in [1.807, 2.05) is 41.4 Å². The molecule has 8 aliphatic rings. The number of hydrogen-bond acceptors (Lipinski definition) is 17. The maximum Gasteiger partial charge on any atom is 0.536 e. The van der Waals surface area contributed by atoms with Gasteiger partial charge < -0.3 is 33.1 Å². The quantitative estimate of drug-likeness (QED) is 0.0315. The van der Waals surface area contributed by atoms with Gasteiger partial charge in [0.15, 0.2) is 43.9 Å². The molecule has 99 heavy (non-hydrogen) atoms. The number of thiol groups is 1. The van der Waals surface area contributed by atoms with Gasteiger partial charge in [-0.2, -0.15) is 8.57 Å². The van der Waals surface area contributed by atoms with Gasteiger partial charge in [-0.05, 0) is 192 Å². The number of carbonyl (C=O) groups excluding carboxylic acids is 6. The summed E-state index contributed by atoms with van der Waals surface area (Å²) in [5.74, 6) is -7.54. The van der Waals surface area contributed by atoms with Crippen molar-refractivity contribution in [1.29, 1.82) is 0 Å². The number of halogens is 9. The molecule has 19 atom stereocenters. The minimum atomic E-state index is -5.66. The van der Waals surface area contributed by atoms with Gasteiger partial charge in [0, 0.05) is 45.3 Å². The third kappa shape index (κ3) is 13.1. The Labute approximate surface area is 578 Å². The van der Waals surface area contributed by atoms with Gasteiger partial charge in [-0.1, -0.05) is 63.6 Å². The van der Waals surface area contributed by atoms with Gasteiger partial charge in [0.05, 0.1) is 35.6 Å². The second-order valence-electron chi connectivity index (χ2n) is 27.5. The molecule has 0 aliphatic heterocycles. The largest absolute Gasteiger partial charge is 0.725 e. The molecule has 8 aliphatic carbocycles. The number of fused-ring (bicyclic) bond motifs is 10. The molecule has 0 spiro atoms. The molecule has 0 radical (unpaired) electrons. The minimum absolute atomic E-state index is 0.00739. The van der Waals surface area contributed by atoms with Crippen LogP contribution in [0.5, 0.6) is 0 Å². The van der Waals surface area contributed by atoms with Crippen LogP contribution in [0.1, 0.15) is 118 Å². The molecular formula is C70H75F9O16S4. The van der Waals surface area contributed by atoms with Crippen LogP contribution in [0, 0.1) is 77.9 Å². The average molecular weight is 1470 g/mol. The second kappa shape index (κ2) is 27.9. The zero-order valence-electron chi connectivity index (χ0n) is 55.1. The van der Waals surface area contributed by atoms with Gasteiger partial charge in [-0.3, -0.25) is 19.2 Å². The summed E-state index contributed by atoms with van der Waals surface area (Å²) in [6.45, 7) is 15.9. The summed E-state index contributed by atoms with van der Waals surface area (Å²) >= 11 is 4.47. The molecular weight excluding hydrogens is 1400 g/mol. The summed E-state index contributed by atoms with van der Waals surface area (Å²) < 4.78 is 176. The Morgan fingerprint density at radius 2 is 1.11 bits per heavy atom. The van der Waals surface area contributed by atoms with E-state index in [1.54, 1.807) is 27.7 Å². The third-order valence-electron chi connectivity index (χ3n) is 22.5. The van der Waals surface area contributed by atoms with Crippen molar-refractivity contribution in [2.24, 2.45) is 57.2 Å². The Hall–Kier alpha value is -6.21. The fraction of sp³-hybridized carbons (Fsp3) is 0.514. The van der Waals surface area contributed by atoms with E-state index < -0.39 is 172 Å². The number of allylic oxidation sites excluding steroid dienone is 8. The first kappa shape index (κ1) is 77.0. The summed E-state index contributed by atoms with van der Waals surface area (Å²) in [5.41, 5.74) is -10.3. The molecule has 538 valence electrons. The molecule has 29 heteroatoms. The average Bonchev–Trinajstić information content (AvgIpc) is 1.61. The lowest BCUT2D eigenvalue weighted by molar-refractivity contribution is -0.275. The maximum atomic E-state index is 17.4. The summed E-state index contributed by atoms with van der Waals surface area (Å²) in [4.78, 5) is 78.9. The molecule has 4 aromatic rings. The van der Waals surface area contributed by atoms with Crippen LogP contribution in [0.25, 0.3) is 0 Å². The van der Waals surface area contributed by atoms with Gasteiger partial charge in [-0.15, -0.1) is 25.8 Å². The molecule has 2 N–H and O–H groups in total. The van der Waals surface area contributed by atoms with Crippen molar-refractivity contribution in [2.45, 2.75) is 164 Å². The van der Waals surface area contributed by atoms with Crippen LogP contribution in [-0.4, -0.2) is 122 Å². The Morgan fingerprint density at radius 1 is 0.677 bits per heavy atom. The minimum Gasteiger partial charge on any atom is -0.725 e. The first-order valence-electron chi connectivity index (χ1n) is 31.6. The zero-order chi connectivity index (χ0) is 73.3. The lowest BCUT2D eigenvalue weighted by Crippen LogP contribution is -2.70. The number of aliphatic hydroxyl groups is 2. The van der Waals surface area contributed by atoms with Crippen molar-refractivity contribution < 1.29 is 114 Å². The number of esters is 2. The van der Waals surface area contributed by atoms with E-state index in [0.717, 1.165) is 21.9 Å². The number of benzene rings is 2. The van der Waals surface area contributed by atoms with Crippen LogP contribution in [0.3, 0.4) is 0 Å². The van der Waals surface area contributed by atoms with Gasteiger partial charge in [0.1, 0.15) is 18.3 Å². The SMILES string of the molecule is C[C@@H]1CC2C3C[C@@H](F)C4=CC(=O)C=C[C@]4(C)[C@]3(F)[C@@H](O)C[C@]2(C)[C@@]1(OC(=O)c1ccco1)C(=O)S.C[C@@H]1CC2C3C[C@@H](F)C4=CC(=O)C=C[C@]4(C)[C@]3(F)[C@@H](O)C[C@]2(C)[C@@]1(OC(=O)c1ccco1)C(=O)SCF.Cc1ccc([S+](CF)c2ccc(C)c(C)c2)cc1.O=S(=O)([O-])OC(F)(F)F. The number of furan rings is 2. The van der Waals surface area contributed by atoms with Crippen molar-refractivity contribution >= 4 is 79.4 Å². The number of hydrogen-bond donors (Lipinski definition) is 3. The van der Waals surface area contributed by atoms with Gasteiger partial charge in [-0.25, -0.2) is 40.0 Å². The molecule has 6 saturated carbocycles. The molecule has 0 amide bonds. The molecule has 12 rings (SSSR count). The second-order valence-corrected chi connectivity index (χ2v) is 31.7. The lowest BCUT2D eigenvalue weighted by atomic mass is 9.44. The lowest BCUT2D eigenvalue weighted by Gasteiger charge is -2.63. The Bertz CT molecular complexity index is 4020. The van der Waals surface area contributed by atoms with E-state index in [1.165, 1.54) is 91.6 Å². The standard InChI is InChI=1S/C27H29F3O6S.C26H28F2O6S.C16H18FS.CHF3O4S/c1-14-9-16-17-11-19(29)18-10-15(31)6-7-24(18,2)26(17,30)21(32)12-25(16,3)27(14,23(34)37-13-28)36-22(33)20-5-4-8-35-20;1-13-9-15-16-11-18(27)17-10-14(29)6-7-23(17,2)25(16,28)20(30)12-24(15,3)26(13,22(32)35)34-21(31)19-5-4-8-33-19;1-12-4-7-15(8-5-12)18(11-17)16-9-6-13(2)14(3)10-16;2-1(3,4)8-9(5,6)7/h4-8,10,14,16-17,19,21,32H,9,11-13H2,1-3H3;4-8,10,13,15-16,18,20,30H,9,11-12H2,1-3H3,(H,32,35);4-10H,11H2,1-3H3;(H,5,6,7)/q;;+1;/p-1/t14-,16?,17?,19-,21+,24+,25+,26-,27+;13-,15?,16?,18-,20+,23+,24+,25-,26+;;/m11../s1. The summed E-state index contributed by atoms with van der Waals surface area (Å²) in [5, 5.41) is 21.4. The first-order chi connectivity index (χ1) is 46.0. The van der Waals surface area contributed by atoms with Crippen LogP contribution >= 0.6 is 24.4 Å². The number of thioether (sulfide) groups is 1. The molecule has 2 aromatic heterocycles. The fourth-order valence-electron chi connectivity index (χ4n) is 17.7. The number of aliphatic hydroxyl groups excluding tert-OH is 2. The molecule has 16 nitrogen and oxygen atoms in total. The van der Waals surface area contributed by atoms with E-state index in [-0.39, 0.29) is 67.2 Å². The van der Waals surface area contributed by atoms with Gasteiger partial charge in [0.2, 0.25) is 32.2 Å². The van der Waals surface area contributed by atoms with Crippen LogP contribution < -0.4 is 0 Å². The smallest absolute Gasteiger partial charge is 0.536 e. The van der Waals surface area contributed by atoms with Crippen molar-refractivity contribution in [3.63, 3.8) is 0 Å². The predicted octanol–water partition coefficient (Wildman–Crippen LogP) is 13.7. The first-order valence-corrected chi connectivity index (χ1v) is 35.7. The van der Waals surface area contributed by atoms with Crippen LogP contribution in [0.15, 0.2) is 145 Å². The number of carbonyl (C=O) groups is 6. The highest BCUT2D eigenvalue weighted by molar-refractivity contribution is 8.13. The van der Waals surface area contributed by atoms with Crippen molar-refractivity contribution in [3.8, 4) is 0 Å². The highest BCUT2D eigenvalue weighted by atomic mass is 32.3. The van der Waals surface area contributed by atoms with E-state index in [0.29, 0.717) is 11.8 Å². The maximum absolute atomic E-state index is 17.4. The molecule has 0 bridgehead atoms. The molecule has 6 fully saturated rings. The summed E-state index contributed by atoms with van der Waals surface area (Å²) in [6, 6.07) is 18.8. The number of ketones is 2. The normalized spacial score (nSPS) is 36.5. The van der Waals surface area contributed by atoms with Crippen LogP contribution in [0.2, 0.25) is 0 Å². The summed E-state index contributed by atoms with van der Waals surface area (Å²) in [7, 11) is -6.11. The van der Waals surface area contributed by atoms with Crippen LogP contribution in [0.4, 0.5) is 39.5 Å². The monoisotopic (exact) mass is 1470 g/mol. The predicted molar refractivity (Wildman–Crippen MR) is 346 cm³/mol. The van der Waals surface area contributed by atoms with E-state index >= 15 is 17.6 Å². The Morgan fingerprint density at radius 3 is 1.49 bits per heavy atom. The zero-order valence-corrected chi connectivity index (χ0v) is 58.4. The van der Waals surface area contributed by atoms with Crippen molar-refractivity contribution in [2.75, 3.05) is 12.0 Å². The van der Waals surface area contributed by atoms with E-state index in [4.69, 9.17) is 31.3 Å². The number of alkyl halides is 9. The topological polar surface area (TPSA) is 254 Å². The van der Waals surface area contributed by atoms with Crippen molar-refractivity contribution in [1.82, 2.24) is 0 Å². The number of rotatable bonds is 11. The van der Waals surface area contributed by atoms with Crippen molar-refractivity contribution in [3.05, 3.63) is 155 Å². The Balaban J connectivity index is 0.000000171. The number of ether oxygens (including phenoxy) is 2. The van der Waals surface area contributed by atoms with Gasteiger partial charge >= 0.3 is 18.3 Å². The fourth-order valence-corrected chi connectivity index (χ4v) is 20.8. The van der Waals surface area contributed by atoms with E-state index in [9.17, 15) is 60.9 Å². The van der Waals surface area contributed by atoms with Crippen LogP contribution in [-0.2, 0) is 54.1 Å². The molecule has 2 heterocycles. The molecule has 0 saturated heterocycles. The third-order valence-corrected chi connectivity index (χ3v) is 25.8. The molecule has 2 aromatic carbocycles. The van der Waals surface area contributed by atoms with E-state index in [2.05, 4.69) is 38.6 Å². The highest BCUT2D eigenvalue weighted by Gasteiger charge is 2.80. The summed E-state index contributed by atoms with van der Waals surface area (Å²) in [6.07, 6.45) is -2.68. The van der Waals surface area contributed by atoms with Gasteiger partial charge in [0.25, 0.3) is 6.01 Å².